The van der Waals surface area contributed by atoms with Crippen molar-refractivity contribution < 1.29 is 0 Å². The maximum atomic E-state index is 2.42. The van der Waals surface area contributed by atoms with Crippen molar-refractivity contribution in [3.63, 3.8) is 0 Å². The van der Waals surface area contributed by atoms with E-state index in [0.717, 1.165) is 11.8 Å². The molecule has 0 N–H and O–H groups in total. The molecule has 0 aliphatic heterocycles. The first kappa shape index (κ1) is 12.1. The summed E-state index contributed by atoms with van der Waals surface area (Å²) in [5.41, 5.74) is 1.03. The summed E-state index contributed by atoms with van der Waals surface area (Å²) in [6.07, 6.45) is 5.81. The van der Waals surface area contributed by atoms with Gasteiger partial charge in [-0.3, -0.25) is 0 Å². The van der Waals surface area contributed by atoms with Crippen molar-refractivity contribution in [2.75, 3.05) is 0 Å². The zero-order valence-corrected chi connectivity index (χ0v) is 11.0. The van der Waals surface area contributed by atoms with Gasteiger partial charge in [0.25, 0.3) is 0 Å². The van der Waals surface area contributed by atoms with E-state index in [9.17, 15) is 0 Å². The Morgan fingerprint density at radius 3 is 1.93 bits per heavy atom. The van der Waals surface area contributed by atoms with Crippen molar-refractivity contribution in [1.29, 1.82) is 0 Å². The van der Waals surface area contributed by atoms with Crippen LogP contribution >= 0.6 is 0 Å². The van der Waals surface area contributed by atoms with Gasteiger partial charge in [-0.2, -0.15) is 0 Å². The molecule has 0 aromatic carbocycles. The monoisotopic (exact) mass is 196 g/mol. The molecule has 0 aromatic rings. The van der Waals surface area contributed by atoms with E-state index in [1.165, 1.54) is 25.7 Å². The van der Waals surface area contributed by atoms with Crippen LogP contribution < -0.4 is 0 Å². The molecule has 1 saturated carbocycles. The lowest BCUT2D eigenvalue weighted by molar-refractivity contribution is 0.146. The van der Waals surface area contributed by atoms with E-state index < -0.39 is 0 Å². The molecule has 1 fully saturated rings. The molecule has 2 unspecified atom stereocenters. The molecular weight excluding hydrogens is 168 g/mol. The Labute approximate surface area is 90.5 Å². The average Bonchev–Trinajstić information content (AvgIpc) is 2.29. The minimum Gasteiger partial charge on any atom is -0.0602 e. The van der Waals surface area contributed by atoms with Crippen LogP contribution in [-0.2, 0) is 0 Å². The maximum absolute atomic E-state index is 2.42. The highest BCUT2D eigenvalue weighted by molar-refractivity contribution is 4.87. The first-order valence-corrected chi connectivity index (χ1v) is 6.20. The van der Waals surface area contributed by atoms with Crippen molar-refractivity contribution in [2.45, 2.75) is 67.2 Å². The van der Waals surface area contributed by atoms with E-state index in [1.807, 2.05) is 0 Å². The summed E-state index contributed by atoms with van der Waals surface area (Å²) >= 11 is 0. The second-order valence-electron chi connectivity index (χ2n) is 7.43. The van der Waals surface area contributed by atoms with Crippen LogP contribution in [0.25, 0.3) is 0 Å². The van der Waals surface area contributed by atoms with Crippen LogP contribution in [0.1, 0.15) is 67.2 Å². The van der Waals surface area contributed by atoms with Crippen molar-refractivity contribution >= 4 is 0 Å². The molecule has 0 amide bonds. The van der Waals surface area contributed by atoms with Crippen LogP contribution in [-0.4, -0.2) is 0 Å². The van der Waals surface area contributed by atoms with Crippen LogP contribution in [0.5, 0.6) is 0 Å². The molecule has 1 rings (SSSR count). The van der Waals surface area contributed by atoms with Gasteiger partial charge < -0.3 is 0 Å². The smallest absolute Gasteiger partial charge is 0.0337 e. The molecule has 84 valence electrons. The van der Waals surface area contributed by atoms with E-state index in [1.54, 1.807) is 0 Å². The molecule has 0 saturated heterocycles. The van der Waals surface area contributed by atoms with Gasteiger partial charge in [0.1, 0.15) is 0 Å². The Hall–Kier alpha value is 0. The lowest BCUT2D eigenvalue weighted by Gasteiger charge is -2.35. The molecule has 0 radical (unpaired) electrons. The van der Waals surface area contributed by atoms with E-state index >= 15 is 0 Å². The van der Waals surface area contributed by atoms with Gasteiger partial charge in [0.2, 0.25) is 0 Å². The highest BCUT2D eigenvalue weighted by Crippen LogP contribution is 2.47. The second-order valence-corrected chi connectivity index (χ2v) is 7.43. The largest absolute Gasteiger partial charge is 0.0602 e. The summed E-state index contributed by atoms with van der Waals surface area (Å²) in [5.74, 6) is 1.94. The van der Waals surface area contributed by atoms with Gasteiger partial charge >= 0.3 is 0 Å². The third-order valence-electron chi connectivity index (χ3n) is 3.65. The standard InChI is InChI=1S/C14H28/c1-13(2,3)10-11-8-7-9-12(11)14(4,5)6/h11-12H,7-10H2,1-6H3. The predicted molar refractivity (Wildman–Crippen MR) is 64.4 cm³/mol. The van der Waals surface area contributed by atoms with E-state index in [0.29, 0.717) is 10.8 Å². The highest BCUT2D eigenvalue weighted by Gasteiger charge is 2.37. The molecule has 0 nitrogen and oxygen atoms in total. The molecule has 0 heteroatoms. The fourth-order valence-electron chi connectivity index (χ4n) is 3.21. The molecule has 0 spiro atoms. The van der Waals surface area contributed by atoms with Crippen LogP contribution in [0.2, 0.25) is 0 Å². The third-order valence-corrected chi connectivity index (χ3v) is 3.65. The third kappa shape index (κ3) is 3.29. The molecular formula is C14H28. The lowest BCUT2D eigenvalue weighted by Crippen LogP contribution is -2.26. The lowest BCUT2D eigenvalue weighted by atomic mass is 9.70. The second kappa shape index (κ2) is 3.87. The van der Waals surface area contributed by atoms with Crippen molar-refractivity contribution in [1.82, 2.24) is 0 Å². The van der Waals surface area contributed by atoms with Crippen LogP contribution in [0.15, 0.2) is 0 Å². The van der Waals surface area contributed by atoms with E-state index in [-0.39, 0.29) is 0 Å². The van der Waals surface area contributed by atoms with Crippen molar-refractivity contribution in [2.24, 2.45) is 22.7 Å². The summed E-state index contributed by atoms with van der Waals surface area (Å²) in [6.45, 7) is 14.4. The van der Waals surface area contributed by atoms with E-state index in [2.05, 4.69) is 41.5 Å². The topological polar surface area (TPSA) is 0 Å². The Morgan fingerprint density at radius 1 is 0.929 bits per heavy atom. The van der Waals surface area contributed by atoms with Gasteiger partial charge in [-0.25, -0.2) is 0 Å². The van der Waals surface area contributed by atoms with Gasteiger partial charge in [0.05, 0.1) is 0 Å². The Balaban J connectivity index is 2.61. The Kier molecular flexibility index (Phi) is 3.33. The summed E-state index contributed by atoms with van der Waals surface area (Å²) in [5, 5.41) is 0. The zero-order valence-electron chi connectivity index (χ0n) is 11.0. The van der Waals surface area contributed by atoms with E-state index in [4.69, 9.17) is 0 Å². The highest BCUT2D eigenvalue weighted by atomic mass is 14.4. The fourth-order valence-corrected chi connectivity index (χ4v) is 3.21. The Morgan fingerprint density at radius 2 is 1.50 bits per heavy atom. The molecule has 0 aromatic heterocycles. The molecule has 1 aliphatic carbocycles. The predicted octanol–water partition coefficient (Wildman–Crippen LogP) is 4.89. The Bertz CT molecular complexity index is 177. The zero-order chi connectivity index (χ0) is 11.0. The van der Waals surface area contributed by atoms with Gasteiger partial charge in [-0.15, -0.1) is 0 Å². The quantitative estimate of drug-likeness (QED) is 0.560. The van der Waals surface area contributed by atoms with Crippen molar-refractivity contribution in [3.8, 4) is 0 Å². The first-order chi connectivity index (χ1) is 6.20. The molecule has 1 aliphatic rings. The minimum atomic E-state index is 0.512. The molecule has 2 atom stereocenters. The van der Waals surface area contributed by atoms with Gasteiger partial charge in [0.15, 0.2) is 0 Å². The van der Waals surface area contributed by atoms with Crippen LogP contribution in [0, 0.1) is 22.7 Å². The van der Waals surface area contributed by atoms with Crippen LogP contribution in [0.3, 0.4) is 0 Å². The summed E-state index contributed by atoms with van der Waals surface area (Å²) in [6, 6.07) is 0. The fraction of sp³-hybridized carbons (Fsp3) is 1.00. The molecule has 0 heterocycles. The summed E-state index contributed by atoms with van der Waals surface area (Å²) in [7, 11) is 0. The van der Waals surface area contributed by atoms with Gasteiger partial charge in [0, 0.05) is 0 Å². The average molecular weight is 196 g/mol. The van der Waals surface area contributed by atoms with Crippen LogP contribution in [0.4, 0.5) is 0 Å². The minimum absolute atomic E-state index is 0.512. The number of hydrogen-bond donors (Lipinski definition) is 0. The maximum Gasteiger partial charge on any atom is -0.0337 e. The van der Waals surface area contributed by atoms with Crippen molar-refractivity contribution in [3.05, 3.63) is 0 Å². The molecule has 0 bridgehead atoms. The SMILES string of the molecule is CC(C)(C)CC1CCCC1C(C)(C)C. The summed E-state index contributed by atoms with van der Waals surface area (Å²) in [4.78, 5) is 0. The number of hydrogen-bond acceptors (Lipinski definition) is 0. The molecule has 14 heavy (non-hydrogen) atoms. The first-order valence-electron chi connectivity index (χ1n) is 6.20. The number of rotatable bonds is 1. The van der Waals surface area contributed by atoms with Gasteiger partial charge in [-0.1, -0.05) is 54.4 Å². The summed E-state index contributed by atoms with van der Waals surface area (Å²) < 4.78 is 0. The normalized spacial score (nSPS) is 29.6. The van der Waals surface area contributed by atoms with Gasteiger partial charge in [-0.05, 0) is 35.5 Å².